The lowest BCUT2D eigenvalue weighted by atomic mass is 9.94. The zero-order valence-corrected chi connectivity index (χ0v) is 10.4. The molecular formula is C12H11F4NO3. The highest BCUT2D eigenvalue weighted by molar-refractivity contribution is 5.72. The summed E-state index contributed by atoms with van der Waals surface area (Å²) in [7, 11) is 0. The standard InChI is InChI=1S/C12H11F4NO3/c1-7(12(14,15)16)20-10-2-8(4-18)17-3-9(10)11(13)5-19-6-11/h2-4,7H,5-6H2,1H3/t7-/m0/s1. The van der Waals surface area contributed by atoms with E-state index in [9.17, 15) is 22.4 Å². The van der Waals surface area contributed by atoms with Crippen LogP contribution in [0, 0.1) is 0 Å². The Morgan fingerprint density at radius 1 is 1.50 bits per heavy atom. The van der Waals surface area contributed by atoms with Gasteiger partial charge in [0, 0.05) is 12.3 Å². The Labute approximate surface area is 111 Å². The van der Waals surface area contributed by atoms with Crippen molar-refractivity contribution in [1.82, 2.24) is 4.98 Å². The van der Waals surface area contributed by atoms with Crippen molar-refractivity contribution >= 4 is 6.29 Å². The van der Waals surface area contributed by atoms with E-state index in [0.717, 1.165) is 19.2 Å². The maximum atomic E-state index is 14.3. The molecule has 2 heterocycles. The third kappa shape index (κ3) is 2.74. The minimum absolute atomic E-state index is 0.137. The van der Waals surface area contributed by atoms with E-state index in [0.29, 0.717) is 6.29 Å². The Bertz CT molecular complexity index is 514. The van der Waals surface area contributed by atoms with Crippen LogP contribution in [0.5, 0.6) is 5.75 Å². The summed E-state index contributed by atoms with van der Waals surface area (Å²) in [6.07, 6.45) is -5.38. The third-order valence-electron chi connectivity index (χ3n) is 2.92. The molecule has 1 aliphatic rings. The van der Waals surface area contributed by atoms with Gasteiger partial charge in [-0.2, -0.15) is 13.2 Å². The molecule has 0 aliphatic carbocycles. The van der Waals surface area contributed by atoms with Crippen molar-refractivity contribution in [2.45, 2.75) is 24.9 Å². The molecule has 0 N–H and O–H groups in total. The minimum Gasteiger partial charge on any atom is -0.481 e. The minimum atomic E-state index is -4.60. The zero-order valence-electron chi connectivity index (χ0n) is 10.4. The number of nitrogens with zero attached hydrogens (tertiary/aromatic N) is 1. The molecule has 0 saturated carbocycles. The number of pyridine rings is 1. The molecule has 4 nitrogen and oxygen atoms in total. The molecular weight excluding hydrogens is 282 g/mol. The van der Waals surface area contributed by atoms with E-state index in [4.69, 9.17) is 9.47 Å². The third-order valence-corrected chi connectivity index (χ3v) is 2.92. The molecule has 110 valence electrons. The van der Waals surface area contributed by atoms with E-state index in [1.165, 1.54) is 0 Å². The van der Waals surface area contributed by atoms with Crippen LogP contribution < -0.4 is 4.74 Å². The van der Waals surface area contributed by atoms with Crippen molar-refractivity contribution in [3.8, 4) is 5.75 Å². The van der Waals surface area contributed by atoms with Gasteiger partial charge in [0.05, 0.1) is 18.8 Å². The molecule has 0 aromatic carbocycles. The van der Waals surface area contributed by atoms with Gasteiger partial charge >= 0.3 is 6.18 Å². The van der Waals surface area contributed by atoms with Gasteiger partial charge < -0.3 is 9.47 Å². The quantitative estimate of drug-likeness (QED) is 0.632. The van der Waals surface area contributed by atoms with Crippen molar-refractivity contribution in [3.05, 3.63) is 23.5 Å². The summed E-state index contributed by atoms with van der Waals surface area (Å²) in [4.78, 5) is 14.3. The fourth-order valence-corrected chi connectivity index (χ4v) is 1.64. The summed E-state index contributed by atoms with van der Waals surface area (Å²) >= 11 is 0. The number of hydrogen-bond acceptors (Lipinski definition) is 4. The summed E-state index contributed by atoms with van der Waals surface area (Å²) in [5.41, 5.74) is -2.22. The first-order chi connectivity index (χ1) is 9.26. The molecule has 0 unspecified atom stereocenters. The fraction of sp³-hybridized carbons (Fsp3) is 0.500. The molecule has 0 amide bonds. The van der Waals surface area contributed by atoms with Crippen LogP contribution in [0.4, 0.5) is 17.6 Å². The van der Waals surface area contributed by atoms with Gasteiger partial charge in [-0.25, -0.2) is 4.39 Å². The molecule has 1 atom stereocenters. The molecule has 1 aliphatic heterocycles. The van der Waals surface area contributed by atoms with Crippen LogP contribution in [-0.2, 0) is 10.4 Å². The molecule has 8 heteroatoms. The summed E-state index contributed by atoms with van der Waals surface area (Å²) < 4.78 is 61.3. The van der Waals surface area contributed by atoms with Gasteiger partial charge in [0.25, 0.3) is 0 Å². The van der Waals surface area contributed by atoms with Crippen LogP contribution in [0.25, 0.3) is 0 Å². The van der Waals surface area contributed by atoms with E-state index in [-0.39, 0.29) is 30.2 Å². The molecule has 1 aromatic heterocycles. The van der Waals surface area contributed by atoms with Gasteiger partial charge in [0.2, 0.25) is 0 Å². The SMILES string of the molecule is C[C@H](Oc1cc(C=O)ncc1C1(F)COC1)C(F)(F)F. The molecule has 2 rings (SSSR count). The summed E-state index contributed by atoms with van der Waals surface area (Å²) in [5.74, 6) is -0.349. The average molecular weight is 293 g/mol. The summed E-state index contributed by atoms with van der Waals surface area (Å²) in [6, 6.07) is 0.990. The number of hydrogen-bond donors (Lipinski definition) is 0. The Balaban J connectivity index is 2.35. The van der Waals surface area contributed by atoms with Crippen molar-refractivity contribution in [3.63, 3.8) is 0 Å². The predicted octanol–water partition coefficient (Wildman–Crippen LogP) is 2.42. The highest BCUT2D eigenvalue weighted by atomic mass is 19.4. The Kier molecular flexibility index (Phi) is 3.68. The maximum absolute atomic E-state index is 14.3. The second-order valence-electron chi connectivity index (χ2n) is 4.48. The Morgan fingerprint density at radius 3 is 2.60 bits per heavy atom. The van der Waals surface area contributed by atoms with Gasteiger partial charge in [-0.3, -0.25) is 9.78 Å². The van der Waals surface area contributed by atoms with Crippen molar-refractivity contribution in [2.75, 3.05) is 13.2 Å². The summed E-state index contributed by atoms with van der Waals surface area (Å²) in [6.45, 7) is 0.227. The van der Waals surface area contributed by atoms with E-state index in [2.05, 4.69) is 4.98 Å². The maximum Gasteiger partial charge on any atom is 0.425 e. The molecule has 1 aromatic rings. The van der Waals surface area contributed by atoms with Crippen LogP contribution in [0.1, 0.15) is 23.0 Å². The van der Waals surface area contributed by atoms with Gasteiger partial charge in [-0.05, 0) is 6.92 Å². The molecule has 1 saturated heterocycles. The highest BCUT2D eigenvalue weighted by Gasteiger charge is 2.45. The number of aromatic nitrogens is 1. The second kappa shape index (κ2) is 5.01. The average Bonchev–Trinajstić information content (AvgIpc) is 2.34. The lowest BCUT2D eigenvalue weighted by Gasteiger charge is -2.35. The number of carbonyl (C=O) groups is 1. The van der Waals surface area contributed by atoms with Crippen molar-refractivity contribution < 1.29 is 31.8 Å². The van der Waals surface area contributed by atoms with Crippen LogP contribution in [0.15, 0.2) is 12.3 Å². The number of rotatable bonds is 4. The van der Waals surface area contributed by atoms with Gasteiger partial charge in [-0.1, -0.05) is 0 Å². The molecule has 0 bridgehead atoms. The predicted molar refractivity (Wildman–Crippen MR) is 59.4 cm³/mol. The Hall–Kier alpha value is -1.70. The van der Waals surface area contributed by atoms with Gasteiger partial charge in [0.15, 0.2) is 18.1 Å². The molecule has 0 spiro atoms. The van der Waals surface area contributed by atoms with E-state index >= 15 is 0 Å². The first-order valence-electron chi connectivity index (χ1n) is 5.72. The molecule has 0 radical (unpaired) electrons. The Morgan fingerprint density at radius 2 is 2.15 bits per heavy atom. The second-order valence-corrected chi connectivity index (χ2v) is 4.48. The smallest absolute Gasteiger partial charge is 0.425 e. The van der Waals surface area contributed by atoms with E-state index < -0.39 is 17.9 Å². The van der Waals surface area contributed by atoms with Gasteiger partial charge in [-0.15, -0.1) is 0 Å². The first kappa shape index (κ1) is 14.7. The normalized spacial score (nSPS) is 19.1. The number of aldehydes is 1. The lowest BCUT2D eigenvalue weighted by Crippen LogP contribution is -2.43. The van der Waals surface area contributed by atoms with Crippen LogP contribution in [0.3, 0.4) is 0 Å². The number of alkyl halides is 4. The monoisotopic (exact) mass is 293 g/mol. The van der Waals surface area contributed by atoms with E-state index in [1.54, 1.807) is 0 Å². The molecule has 1 fully saturated rings. The fourth-order valence-electron chi connectivity index (χ4n) is 1.64. The zero-order chi connectivity index (χ0) is 15.0. The van der Waals surface area contributed by atoms with Crippen molar-refractivity contribution in [2.24, 2.45) is 0 Å². The van der Waals surface area contributed by atoms with Crippen LogP contribution in [-0.4, -0.2) is 36.8 Å². The van der Waals surface area contributed by atoms with Gasteiger partial charge in [0.1, 0.15) is 11.4 Å². The first-order valence-corrected chi connectivity index (χ1v) is 5.72. The number of carbonyl (C=O) groups excluding carboxylic acids is 1. The van der Waals surface area contributed by atoms with Crippen LogP contribution >= 0.6 is 0 Å². The highest BCUT2D eigenvalue weighted by Crippen LogP contribution is 2.40. The number of halogens is 4. The van der Waals surface area contributed by atoms with E-state index in [1.807, 2.05) is 0 Å². The largest absolute Gasteiger partial charge is 0.481 e. The summed E-state index contributed by atoms with van der Waals surface area (Å²) in [5, 5.41) is 0. The van der Waals surface area contributed by atoms with Crippen LogP contribution in [0.2, 0.25) is 0 Å². The topological polar surface area (TPSA) is 48.4 Å². The molecule has 20 heavy (non-hydrogen) atoms. The lowest BCUT2D eigenvalue weighted by molar-refractivity contribution is -0.190. The van der Waals surface area contributed by atoms with Crippen molar-refractivity contribution in [1.29, 1.82) is 0 Å². The number of ether oxygens (including phenoxy) is 2.